The van der Waals surface area contributed by atoms with E-state index in [2.05, 4.69) is 27.5 Å². The number of anilines is 1. The van der Waals surface area contributed by atoms with Gasteiger partial charge in [-0.1, -0.05) is 36.7 Å². The van der Waals surface area contributed by atoms with Crippen LogP contribution in [0.15, 0.2) is 47.5 Å². The fourth-order valence-corrected chi connectivity index (χ4v) is 2.59. The number of nitrogens with one attached hydrogen (secondary N) is 2. The molecule has 0 saturated carbocycles. The maximum absolute atomic E-state index is 6.18. The van der Waals surface area contributed by atoms with Crippen LogP contribution in [-0.2, 0) is 6.54 Å². The number of benzene rings is 1. The molecule has 0 fully saturated rings. The summed E-state index contributed by atoms with van der Waals surface area (Å²) >= 11 is 6.18. The summed E-state index contributed by atoms with van der Waals surface area (Å²) in [7, 11) is 5.70. The normalized spacial score (nSPS) is 12.4. The van der Waals surface area contributed by atoms with Gasteiger partial charge in [0.2, 0.25) is 0 Å². The number of para-hydroxylation sites is 1. The number of halogens is 1. The average molecular weight is 390 g/mol. The predicted molar refractivity (Wildman–Crippen MR) is 113 cm³/mol. The van der Waals surface area contributed by atoms with Crippen molar-refractivity contribution in [1.82, 2.24) is 15.6 Å². The van der Waals surface area contributed by atoms with Crippen LogP contribution in [0.3, 0.4) is 0 Å². The third kappa shape index (κ3) is 6.64. The zero-order chi connectivity index (χ0) is 19.6. The topological polar surface area (TPSA) is 61.8 Å². The minimum atomic E-state index is -0.0151. The van der Waals surface area contributed by atoms with Gasteiger partial charge >= 0.3 is 0 Å². The van der Waals surface area contributed by atoms with Crippen LogP contribution in [0.1, 0.15) is 19.0 Å². The van der Waals surface area contributed by atoms with Crippen LogP contribution in [-0.4, -0.2) is 44.7 Å². The minimum absolute atomic E-state index is 0.0151. The Morgan fingerprint density at radius 3 is 2.63 bits per heavy atom. The van der Waals surface area contributed by atoms with E-state index in [1.54, 1.807) is 7.05 Å². The summed E-state index contributed by atoms with van der Waals surface area (Å²) in [6, 6.07) is 13.5. The number of rotatable bonds is 8. The first kappa shape index (κ1) is 20.8. The Bertz CT molecular complexity index is 751. The predicted octanol–water partition coefficient (Wildman–Crippen LogP) is 3.32. The lowest BCUT2D eigenvalue weighted by Gasteiger charge is -2.20. The minimum Gasteiger partial charge on any atom is -0.487 e. The molecule has 0 amide bonds. The molecule has 2 aromatic rings. The van der Waals surface area contributed by atoms with E-state index in [0.717, 1.165) is 17.9 Å². The van der Waals surface area contributed by atoms with Gasteiger partial charge in [0, 0.05) is 21.1 Å². The van der Waals surface area contributed by atoms with Crippen molar-refractivity contribution in [2.45, 2.75) is 26.0 Å². The summed E-state index contributed by atoms with van der Waals surface area (Å²) in [6.45, 7) is 3.28. The summed E-state index contributed by atoms with van der Waals surface area (Å²) in [5.74, 6) is 2.32. The highest BCUT2D eigenvalue weighted by atomic mass is 35.5. The summed E-state index contributed by atoms with van der Waals surface area (Å²) in [4.78, 5) is 10.8. The lowest BCUT2D eigenvalue weighted by molar-refractivity contribution is 0.199. The Morgan fingerprint density at radius 2 is 1.96 bits per heavy atom. The van der Waals surface area contributed by atoms with Crippen molar-refractivity contribution in [3.63, 3.8) is 0 Å². The number of hydrogen-bond donors (Lipinski definition) is 2. The highest BCUT2D eigenvalue weighted by Crippen LogP contribution is 2.24. The van der Waals surface area contributed by atoms with E-state index in [1.165, 1.54) is 0 Å². The molecule has 0 aliphatic rings. The SMILES string of the molecule is CCC(CNC(=NC)NCc1cccc(N(C)C)n1)Oc1ccccc1Cl. The van der Waals surface area contributed by atoms with Crippen LogP contribution in [0.25, 0.3) is 0 Å². The smallest absolute Gasteiger partial charge is 0.191 e. The maximum atomic E-state index is 6.18. The van der Waals surface area contributed by atoms with Crippen molar-refractivity contribution in [3.05, 3.63) is 53.2 Å². The summed E-state index contributed by atoms with van der Waals surface area (Å²) in [6.07, 6.45) is 0.834. The molecule has 0 radical (unpaired) electrons. The third-order valence-corrected chi connectivity index (χ3v) is 4.31. The molecule has 2 rings (SSSR count). The summed E-state index contributed by atoms with van der Waals surface area (Å²) < 4.78 is 6.00. The molecule has 1 atom stereocenters. The number of ether oxygens (including phenoxy) is 1. The van der Waals surface area contributed by atoms with E-state index in [9.17, 15) is 0 Å². The van der Waals surface area contributed by atoms with E-state index in [1.807, 2.05) is 61.5 Å². The molecule has 0 bridgehead atoms. The van der Waals surface area contributed by atoms with E-state index >= 15 is 0 Å². The van der Waals surface area contributed by atoms with Crippen molar-refractivity contribution < 1.29 is 4.74 Å². The van der Waals surface area contributed by atoms with Crippen molar-refractivity contribution >= 4 is 23.4 Å². The van der Waals surface area contributed by atoms with Gasteiger partial charge in [-0.2, -0.15) is 0 Å². The van der Waals surface area contributed by atoms with Crippen LogP contribution in [0, 0.1) is 0 Å². The van der Waals surface area contributed by atoms with E-state index in [0.29, 0.717) is 29.8 Å². The molecule has 0 aliphatic heterocycles. The largest absolute Gasteiger partial charge is 0.487 e. The van der Waals surface area contributed by atoms with Gasteiger partial charge in [0.25, 0.3) is 0 Å². The Morgan fingerprint density at radius 1 is 1.19 bits per heavy atom. The molecule has 0 spiro atoms. The second-order valence-corrected chi connectivity index (χ2v) is 6.67. The van der Waals surface area contributed by atoms with Crippen LogP contribution in [0.5, 0.6) is 5.75 Å². The van der Waals surface area contributed by atoms with Crippen LogP contribution in [0.4, 0.5) is 5.82 Å². The Hall–Kier alpha value is -2.47. The summed E-state index contributed by atoms with van der Waals surface area (Å²) in [5, 5.41) is 7.20. The molecule has 1 unspecified atom stereocenters. The second-order valence-electron chi connectivity index (χ2n) is 6.27. The first-order valence-corrected chi connectivity index (χ1v) is 9.40. The molecular formula is C20H28ClN5O. The number of guanidine groups is 1. The fraction of sp³-hybridized carbons (Fsp3) is 0.400. The molecular weight excluding hydrogens is 362 g/mol. The highest BCUT2D eigenvalue weighted by molar-refractivity contribution is 6.32. The van der Waals surface area contributed by atoms with Gasteiger partial charge in [0.15, 0.2) is 5.96 Å². The Balaban J connectivity index is 1.87. The number of nitrogens with zero attached hydrogens (tertiary/aromatic N) is 3. The molecule has 146 valence electrons. The van der Waals surface area contributed by atoms with Crippen molar-refractivity contribution in [2.24, 2.45) is 4.99 Å². The van der Waals surface area contributed by atoms with Crippen LogP contribution < -0.4 is 20.3 Å². The molecule has 1 heterocycles. The van der Waals surface area contributed by atoms with Gasteiger partial charge in [0.05, 0.1) is 23.8 Å². The van der Waals surface area contributed by atoms with Crippen molar-refractivity contribution in [1.29, 1.82) is 0 Å². The van der Waals surface area contributed by atoms with Crippen molar-refractivity contribution in [3.8, 4) is 5.75 Å². The van der Waals surface area contributed by atoms with Gasteiger partial charge in [-0.05, 0) is 30.7 Å². The van der Waals surface area contributed by atoms with Gasteiger partial charge < -0.3 is 20.3 Å². The number of hydrogen-bond acceptors (Lipinski definition) is 4. The van der Waals surface area contributed by atoms with Gasteiger partial charge in [-0.25, -0.2) is 4.98 Å². The van der Waals surface area contributed by atoms with Crippen molar-refractivity contribution in [2.75, 3.05) is 32.6 Å². The van der Waals surface area contributed by atoms with E-state index in [4.69, 9.17) is 16.3 Å². The molecule has 0 saturated heterocycles. The zero-order valence-corrected chi connectivity index (χ0v) is 17.1. The average Bonchev–Trinajstić information content (AvgIpc) is 2.68. The summed E-state index contributed by atoms with van der Waals surface area (Å²) in [5.41, 5.74) is 0.948. The molecule has 2 N–H and O–H groups in total. The lowest BCUT2D eigenvalue weighted by Crippen LogP contribution is -2.42. The molecule has 27 heavy (non-hydrogen) atoms. The third-order valence-electron chi connectivity index (χ3n) is 3.99. The monoisotopic (exact) mass is 389 g/mol. The van der Waals surface area contributed by atoms with Gasteiger partial charge in [-0.15, -0.1) is 0 Å². The second kappa shape index (κ2) is 10.6. The molecule has 6 nitrogen and oxygen atoms in total. The molecule has 7 heteroatoms. The Kier molecular flexibility index (Phi) is 8.20. The fourth-order valence-electron chi connectivity index (χ4n) is 2.41. The van der Waals surface area contributed by atoms with Crippen LogP contribution in [0.2, 0.25) is 5.02 Å². The standard InChI is InChI=1S/C20H28ClN5O/c1-5-16(27-18-11-7-6-10-17(18)21)14-24-20(22-2)23-13-15-9-8-12-19(25-15)26(3)4/h6-12,16H,5,13-14H2,1-4H3,(H2,22,23,24). The quantitative estimate of drug-likeness (QED) is 0.535. The molecule has 1 aromatic heterocycles. The number of aromatic nitrogens is 1. The zero-order valence-electron chi connectivity index (χ0n) is 16.4. The first-order chi connectivity index (χ1) is 13.0. The van der Waals surface area contributed by atoms with E-state index in [-0.39, 0.29) is 6.10 Å². The lowest BCUT2D eigenvalue weighted by atomic mass is 10.2. The number of aliphatic imine (C=N–C) groups is 1. The first-order valence-electron chi connectivity index (χ1n) is 9.02. The van der Waals surface area contributed by atoms with Gasteiger partial charge in [-0.3, -0.25) is 4.99 Å². The number of pyridine rings is 1. The highest BCUT2D eigenvalue weighted by Gasteiger charge is 2.11. The van der Waals surface area contributed by atoms with Gasteiger partial charge in [0.1, 0.15) is 17.7 Å². The molecule has 1 aromatic carbocycles. The van der Waals surface area contributed by atoms with Crippen LogP contribution >= 0.6 is 11.6 Å². The maximum Gasteiger partial charge on any atom is 0.191 e. The molecule has 0 aliphatic carbocycles. The van der Waals surface area contributed by atoms with E-state index < -0.39 is 0 Å². The Labute approximate surface area is 166 Å².